The maximum Gasteiger partial charge on any atom is 0.417 e. The summed E-state index contributed by atoms with van der Waals surface area (Å²) in [6.07, 6.45) is -7.88. The Hall–Kier alpha value is -2.53. The Morgan fingerprint density at radius 3 is 2.29 bits per heavy atom. The van der Waals surface area contributed by atoms with Crippen LogP contribution in [0.15, 0.2) is 48.7 Å². The third kappa shape index (κ3) is 4.29. The number of alkyl halides is 6. The predicted octanol–water partition coefficient (Wildman–Crippen LogP) is 5.54. The molecule has 1 fully saturated rings. The summed E-state index contributed by atoms with van der Waals surface area (Å²) in [5.41, 5.74) is -1.01. The fraction of sp³-hybridized carbons (Fsp3) is 0.300. The number of rotatable bonds is 5. The number of fused-ring (bicyclic) bond motifs is 1. The van der Waals surface area contributed by atoms with Crippen LogP contribution in [-0.2, 0) is 16.2 Å². The maximum absolute atomic E-state index is 13.7. The van der Waals surface area contributed by atoms with Crippen molar-refractivity contribution in [3.8, 4) is 11.1 Å². The third-order valence-corrected chi connectivity index (χ3v) is 7.05. The smallest absolute Gasteiger partial charge is 0.361 e. The second-order valence-electron chi connectivity index (χ2n) is 7.38. The van der Waals surface area contributed by atoms with Crippen molar-refractivity contribution < 1.29 is 34.8 Å². The zero-order valence-corrected chi connectivity index (χ0v) is 16.5. The third-order valence-electron chi connectivity index (χ3n) is 5.14. The fourth-order valence-corrected chi connectivity index (χ4v) is 5.02. The zero-order valence-electron chi connectivity index (χ0n) is 15.7. The Bertz CT molecular complexity index is 1230. The highest BCUT2D eigenvalue weighted by Gasteiger charge is 2.47. The van der Waals surface area contributed by atoms with Gasteiger partial charge in [-0.3, -0.25) is 0 Å². The van der Waals surface area contributed by atoms with Gasteiger partial charge in [0.1, 0.15) is 6.04 Å². The lowest BCUT2D eigenvalue weighted by Gasteiger charge is -2.21. The molecule has 2 N–H and O–H groups in total. The van der Waals surface area contributed by atoms with E-state index in [1.807, 2.05) is 0 Å². The molecule has 2 aromatic carbocycles. The minimum Gasteiger partial charge on any atom is -0.361 e. The van der Waals surface area contributed by atoms with Gasteiger partial charge in [-0.2, -0.15) is 31.1 Å². The fourth-order valence-electron chi connectivity index (χ4n) is 3.48. The maximum atomic E-state index is 13.7. The molecule has 1 saturated carbocycles. The van der Waals surface area contributed by atoms with E-state index in [2.05, 4.69) is 4.98 Å². The van der Waals surface area contributed by atoms with Crippen LogP contribution in [-0.4, -0.2) is 24.8 Å². The van der Waals surface area contributed by atoms with Gasteiger partial charge in [-0.1, -0.05) is 30.3 Å². The van der Waals surface area contributed by atoms with E-state index in [9.17, 15) is 34.8 Å². The molecule has 0 aliphatic heterocycles. The largest absolute Gasteiger partial charge is 0.417 e. The molecule has 1 aliphatic carbocycles. The number of aromatic amines is 1. The Balaban J connectivity index is 1.77. The van der Waals surface area contributed by atoms with Crippen molar-refractivity contribution in [3.05, 3.63) is 59.8 Å². The van der Waals surface area contributed by atoms with Crippen LogP contribution in [0.1, 0.15) is 30.0 Å². The molecule has 31 heavy (non-hydrogen) atoms. The minimum absolute atomic E-state index is 0.0639. The summed E-state index contributed by atoms with van der Waals surface area (Å²) in [4.78, 5) is 2.62. The standard InChI is InChI=1S/C20H16F6N2O2S/c21-19(22,23)16-4-2-1-3-13(16)11-5-8-14-15(10-27-17(14)9-11)18(20(24,25)26)28-31(29,30)12-6-7-12/h1-5,8-10,12,18,27-28H,6-7H2. The quantitative estimate of drug-likeness (QED) is 0.489. The van der Waals surface area contributed by atoms with E-state index in [-0.39, 0.29) is 27.6 Å². The molecular formula is C20H16F6N2O2S. The van der Waals surface area contributed by atoms with Gasteiger partial charge in [-0.25, -0.2) is 8.42 Å². The van der Waals surface area contributed by atoms with Crippen molar-refractivity contribution in [2.24, 2.45) is 0 Å². The van der Waals surface area contributed by atoms with Crippen LogP contribution < -0.4 is 4.72 Å². The van der Waals surface area contributed by atoms with Gasteiger partial charge in [0.2, 0.25) is 10.0 Å². The van der Waals surface area contributed by atoms with E-state index < -0.39 is 39.2 Å². The first-order chi connectivity index (χ1) is 14.4. The van der Waals surface area contributed by atoms with Gasteiger partial charge >= 0.3 is 12.4 Å². The highest BCUT2D eigenvalue weighted by atomic mass is 32.2. The lowest BCUT2D eigenvalue weighted by atomic mass is 9.97. The first-order valence-corrected chi connectivity index (χ1v) is 10.8. The average molecular weight is 462 g/mol. The summed E-state index contributed by atoms with van der Waals surface area (Å²) in [6, 6.07) is 6.26. The van der Waals surface area contributed by atoms with Crippen LogP contribution in [0.25, 0.3) is 22.0 Å². The molecule has 4 nitrogen and oxygen atoms in total. The molecule has 0 radical (unpaired) electrons. The highest BCUT2D eigenvalue weighted by molar-refractivity contribution is 7.90. The second-order valence-corrected chi connectivity index (χ2v) is 9.38. The number of hydrogen-bond acceptors (Lipinski definition) is 2. The van der Waals surface area contributed by atoms with E-state index in [1.165, 1.54) is 36.4 Å². The molecule has 0 saturated heterocycles. The van der Waals surface area contributed by atoms with Gasteiger partial charge in [0, 0.05) is 22.7 Å². The molecule has 166 valence electrons. The normalized spacial score (nSPS) is 16.6. The number of aromatic nitrogens is 1. The van der Waals surface area contributed by atoms with Crippen LogP contribution in [0.3, 0.4) is 0 Å². The molecule has 0 bridgehead atoms. The summed E-state index contributed by atoms with van der Waals surface area (Å²) in [7, 11) is -4.15. The van der Waals surface area contributed by atoms with Crippen LogP contribution in [0.4, 0.5) is 26.3 Å². The molecule has 3 aromatic rings. The summed E-state index contributed by atoms with van der Waals surface area (Å²) in [5.74, 6) is 0. The Kier molecular flexibility index (Phi) is 5.08. The van der Waals surface area contributed by atoms with E-state index in [0.717, 1.165) is 12.3 Å². The van der Waals surface area contributed by atoms with Gasteiger partial charge < -0.3 is 4.98 Å². The molecule has 1 atom stereocenters. The van der Waals surface area contributed by atoms with Crippen molar-refractivity contribution in [2.75, 3.05) is 0 Å². The number of halogens is 6. The number of sulfonamides is 1. The molecule has 4 rings (SSSR count). The molecule has 0 amide bonds. The van der Waals surface area contributed by atoms with Gasteiger partial charge in [0.25, 0.3) is 0 Å². The zero-order chi connectivity index (χ0) is 22.6. The van der Waals surface area contributed by atoms with Gasteiger partial charge in [-0.15, -0.1) is 0 Å². The Morgan fingerprint density at radius 2 is 1.68 bits per heavy atom. The predicted molar refractivity (Wildman–Crippen MR) is 103 cm³/mol. The monoisotopic (exact) mass is 462 g/mol. The Morgan fingerprint density at radius 1 is 1.00 bits per heavy atom. The van der Waals surface area contributed by atoms with Gasteiger partial charge in [-0.05, 0) is 36.1 Å². The highest BCUT2D eigenvalue weighted by Crippen LogP contribution is 2.41. The molecule has 1 aliphatic rings. The summed E-state index contributed by atoms with van der Waals surface area (Å²) in [5, 5.41) is -0.776. The van der Waals surface area contributed by atoms with Crippen LogP contribution >= 0.6 is 0 Å². The number of H-pyrrole nitrogens is 1. The summed E-state index contributed by atoms with van der Waals surface area (Å²) < 4.78 is 107. The van der Waals surface area contributed by atoms with Crippen molar-refractivity contribution in [3.63, 3.8) is 0 Å². The first kappa shape index (κ1) is 21.7. The molecule has 1 aromatic heterocycles. The molecule has 1 unspecified atom stereocenters. The van der Waals surface area contributed by atoms with E-state index in [0.29, 0.717) is 12.8 Å². The minimum atomic E-state index is -4.90. The second kappa shape index (κ2) is 7.27. The number of nitrogens with one attached hydrogen (secondary N) is 2. The van der Waals surface area contributed by atoms with Crippen molar-refractivity contribution in [1.29, 1.82) is 0 Å². The van der Waals surface area contributed by atoms with E-state index in [4.69, 9.17) is 0 Å². The van der Waals surface area contributed by atoms with Crippen LogP contribution in [0, 0.1) is 0 Å². The van der Waals surface area contributed by atoms with Gasteiger partial charge in [0.15, 0.2) is 0 Å². The molecular weight excluding hydrogens is 446 g/mol. The van der Waals surface area contributed by atoms with Gasteiger partial charge in [0.05, 0.1) is 10.8 Å². The molecule has 0 spiro atoms. The SMILES string of the molecule is O=S(=O)(NC(c1c[nH]c2cc(-c3ccccc3C(F)(F)F)ccc12)C(F)(F)F)C1CC1. The summed E-state index contributed by atoms with van der Waals surface area (Å²) >= 11 is 0. The Labute approximate surface area is 173 Å². The lowest BCUT2D eigenvalue weighted by Crippen LogP contribution is -2.39. The number of hydrogen-bond donors (Lipinski definition) is 2. The summed E-state index contributed by atoms with van der Waals surface area (Å²) in [6.45, 7) is 0. The van der Waals surface area contributed by atoms with Crippen molar-refractivity contribution in [1.82, 2.24) is 9.71 Å². The van der Waals surface area contributed by atoms with Crippen molar-refractivity contribution in [2.45, 2.75) is 36.5 Å². The van der Waals surface area contributed by atoms with E-state index >= 15 is 0 Å². The first-order valence-electron chi connectivity index (χ1n) is 9.23. The van der Waals surface area contributed by atoms with E-state index in [1.54, 1.807) is 4.72 Å². The lowest BCUT2D eigenvalue weighted by molar-refractivity contribution is -0.152. The molecule has 11 heteroatoms. The average Bonchev–Trinajstić information content (AvgIpc) is 3.46. The van der Waals surface area contributed by atoms with Crippen LogP contribution in [0.2, 0.25) is 0 Å². The van der Waals surface area contributed by atoms with Crippen LogP contribution in [0.5, 0.6) is 0 Å². The topological polar surface area (TPSA) is 62.0 Å². The van der Waals surface area contributed by atoms with Crippen molar-refractivity contribution >= 4 is 20.9 Å². The number of benzene rings is 2. The molecule has 1 heterocycles.